The predicted molar refractivity (Wildman–Crippen MR) is 247 cm³/mol. The van der Waals surface area contributed by atoms with Crippen molar-refractivity contribution in [2.75, 3.05) is 0 Å². The van der Waals surface area contributed by atoms with Crippen LogP contribution in [0.2, 0.25) is 0 Å². The van der Waals surface area contributed by atoms with E-state index in [-0.39, 0.29) is 0 Å². The number of hydrogen-bond donors (Lipinski definition) is 0. The molecule has 0 saturated carbocycles. The summed E-state index contributed by atoms with van der Waals surface area (Å²) in [6, 6.07) is 67.4. The second-order valence-electron chi connectivity index (χ2n) is 14.7. The fourth-order valence-corrected chi connectivity index (χ4v) is 14.0. The van der Waals surface area contributed by atoms with Gasteiger partial charge in [-0.15, -0.1) is 22.7 Å². The van der Waals surface area contributed by atoms with Crippen molar-refractivity contribution in [2.45, 2.75) is 0 Å². The highest BCUT2D eigenvalue weighted by atomic mass is 32.1. The fraction of sp³-hybridized carbons (Fsp3) is 0. The van der Waals surface area contributed by atoms with Crippen molar-refractivity contribution in [3.63, 3.8) is 0 Å². The Morgan fingerprint density at radius 3 is 1.34 bits per heavy atom. The lowest BCUT2D eigenvalue weighted by atomic mass is 9.86. The summed E-state index contributed by atoms with van der Waals surface area (Å²) in [4.78, 5) is 0. The van der Waals surface area contributed by atoms with Gasteiger partial charge in [-0.1, -0.05) is 133 Å². The monoisotopic (exact) mass is 766 g/mol. The van der Waals surface area contributed by atoms with Crippen LogP contribution in [0.25, 0.3) is 94.6 Å². The van der Waals surface area contributed by atoms with Crippen molar-refractivity contribution < 1.29 is 4.57 Å². The molecule has 12 aromatic rings. The van der Waals surface area contributed by atoms with Crippen molar-refractivity contribution in [2.24, 2.45) is 0 Å². The number of thiophene rings is 2. The van der Waals surface area contributed by atoms with Crippen LogP contribution in [0.15, 0.2) is 188 Å². The molecule has 0 bridgehead atoms. The number of benzene rings is 10. The first kappa shape index (κ1) is 32.2. The minimum absolute atomic E-state index is 0.832. The maximum Gasteiger partial charge on any atom is 0.171 e. The molecule has 0 aliphatic rings. The van der Waals surface area contributed by atoms with Crippen LogP contribution >= 0.6 is 29.8 Å². The van der Waals surface area contributed by atoms with Crippen LogP contribution in [0.4, 0.5) is 0 Å². The summed E-state index contributed by atoms with van der Waals surface area (Å²) in [6.07, 6.45) is 0. The van der Waals surface area contributed by atoms with Crippen LogP contribution in [0.1, 0.15) is 0 Å². The predicted octanol–water partition coefficient (Wildman–Crippen LogP) is 14.3. The molecule has 4 heteroatoms. The fourth-order valence-electron chi connectivity index (χ4n) is 9.13. The van der Waals surface area contributed by atoms with Gasteiger partial charge in [0, 0.05) is 56.3 Å². The topological polar surface area (TPSA) is 17.1 Å². The molecule has 0 aliphatic heterocycles. The Morgan fingerprint density at radius 1 is 0.321 bits per heavy atom. The van der Waals surface area contributed by atoms with Gasteiger partial charge in [-0.2, -0.15) is 0 Å². The molecule has 0 N–H and O–H groups in total. The first-order valence-corrected chi connectivity index (χ1v) is 22.3. The summed E-state index contributed by atoms with van der Waals surface area (Å²) in [5.74, 6) is 0. The minimum Gasteiger partial charge on any atom is -0.309 e. The Bertz CT molecular complexity index is 3510. The van der Waals surface area contributed by atoms with Gasteiger partial charge in [-0.05, 0) is 109 Å². The second kappa shape index (κ2) is 12.2. The molecule has 1 nitrogen and oxygen atoms in total. The van der Waals surface area contributed by atoms with Crippen molar-refractivity contribution in [1.29, 1.82) is 0 Å². The lowest BCUT2D eigenvalue weighted by molar-refractivity contribution is 0.592. The van der Waals surface area contributed by atoms with E-state index >= 15 is 4.57 Å². The van der Waals surface area contributed by atoms with Gasteiger partial charge < -0.3 is 4.57 Å². The first-order valence-electron chi connectivity index (χ1n) is 18.9. The van der Waals surface area contributed by atoms with Crippen LogP contribution in [0.3, 0.4) is 0 Å². The highest BCUT2D eigenvalue weighted by Gasteiger charge is 2.31. The molecule has 262 valence electrons. The molecule has 0 unspecified atom stereocenters. The average Bonchev–Trinajstić information content (AvgIpc) is 3.83. The molecule has 2 heterocycles. The van der Waals surface area contributed by atoms with Crippen LogP contribution in [-0.4, -0.2) is 0 Å². The Labute approximate surface area is 331 Å². The Kier molecular flexibility index (Phi) is 7.01. The zero-order valence-corrected chi connectivity index (χ0v) is 32.6. The Balaban J connectivity index is 1.12. The molecule has 0 amide bonds. The van der Waals surface area contributed by atoms with Crippen molar-refractivity contribution >= 4 is 129 Å². The standard InChI is InChI=1S/C52H31OPS2/c53-54(35-25-27-49-44(30-35)41-16-7-9-19-47(41)55-49,36-26-28-50-45(31-36)42-17-8-10-20-48(42)56-50)34-23-21-32(22-24-34)51-37-12-2-1-11-33(37)29-46-40-15-4-3-13-38(40)39-14-5-6-18-43(39)52(46)51/h1-31H. The van der Waals surface area contributed by atoms with Crippen LogP contribution in [0.5, 0.6) is 0 Å². The maximum atomic E-state index is 16.4. The normalized spacial score (nSPS) is 12.4. The molecule has 0 aliphatic carbocycles. The molecule has 10 aromatic carbocycles. The minimum atomic E-state index is -3.36. The van der Waals surface area contributed by atoms with Crippen molar-refractivity contribution in [3.05, 3.63) is 188 Å². The van der Waals surface area contributed by atoms with Gasteiger partial charge in [0.15, 0.2) is 7.14 Å². The van der Waals surface area contributed by atoms with E-state index in [1.807, 2.05) is 0 Å². The van der Waals surface area contributed by atoms with Gasteiger partial charge in [-0.25, -0.2) is 0 Å². The molecule has 0 spiro atoms. The second-order valence-corrected chi connectivity index (χ2v) is 19.6. The molecule has 2 aromatic heterocycles. The van der Waals surface area contributed by atoms with Crippen LogP contribution in [-0.2, 0) is 4.57 Å². The van der Waals surface area contributed by atoms with E-state index in [1.165, 1.54) is 78.2 Å². The summed E-state index contributed by atoms with van der Waals surface area (Å²) >= 11 is 3.58. The van der Waals surface area contributed by atoms with E-state index in [9.17, 15) is 0 Å². The van der Waals surface area contributed by atoms with Crippen LogP contribution < -0.4 is 15.9 Å². The molecule has 12 rings (SSSR count). The third-order valence-electron chi connectivity index (χ3n) is 11.7. The largest absolute Gasteiger partial charge is 0.309 e. The zero-order valence-electron chi connectivity index (χ0n) is 30.1. The first-order chi connectivity index (χ1) is 27.6. The van der Waals surface area contributed by atoms with Crippen molar-refractivity contribution in [1.82, 2.24) is 0 Å². The Morgan fingerprint density at radius 2 is 0.750 bits per heavy atom. The van der Waals surface area contributed by atoms with Crippen molar-refractivity contribution in [3.8, 4) is 11.1 Å². The van der Waals surface area contributed by atoms with E-state index < -0.39 is 7.14 Å². The smallest absolute Gasteiger partial charge is 0.171 e. The van der Waals surface area contributed by atoms with Gasteiger partial charge in [0.2, 0.25) is 0 Å². The SMILES string of the molecule is O=P(c1ccc(-c2c3ccccc3cc3c4ccccc4c4ccccc4c23)cc1)(c1ccc2sc3ccccc3c2c1)c1ccc2sc3ccccc3c2c1. The molecule has 0 radical (unpaired) electrons. The molecule has 0 saturated heterocycles. The number of fused-ring (bicyclic) bond motifs is 13. The highest BCUT2D eigenvalue weighted by Crippen LogP contribution is 2.48. The van der Waals surface area contributed by atoms with E-state index in [1.54, 1.807) is 22.7 Å². The third kappa shape index (κ3) is 4.63. The lowest BCUT2D eigenvalue weighted by Crippen LogP contribution is -2.25. The number of rotatable bonds is 4. The van der Waals surface area contributed by atoms with E-state index in [0.29, 0.717) is 0 Å². The molecule has 0 atom stereocenters. The van der Waals surface area contributed by atoms with Gasteiger partial charge in [-0.3, -0.25) is 0 Å². The summed E-state index contributed by atoms with van der Waals surface area (Å²) in [7, 11) is -3.36. The van der Waals surface area contributed by atoms with E-state index in [2.05, 4.69) is 188 Å². The quantitative estimate of drug-likeness (QED) is 0.0990. The molecular formula is C52H31OPS2. The summed E-state index contributed by atoms with van der Waals surface area (Å²) in [6.45, 7) is 0. The summed E-state index contributed by atoms with van der Waals surface area (Å²) < 4.78 is 21.3. The maximum absolute atomic E-state index is 16.4. The molecule has 0 fully saturated rings. The van der Waals surface area contributed by atoms with Gasteiger partial charge in [0.1, 0.15) is 0 Å². The zero-order chi connectivity index (χ0) is 37.0. The van der Waals surface area contributed by atoms with Crippen LogP contribution in [0, 0.1) is 0 Å². The lowest BCUT2D eigenvalue weighted by Gasteiger charge is -2.22. The van der Waals surface area contributed by atoms with E-state index in [0.717, 1.165) is 32.2 Å². The highest BCUT2D eigenvalue weighted by molar-refractivity contribution is 7.85. The summed E-state index contributed by atoms with van der Waals surface area (Å²) in [5.41, 5.74) is 2.32. The summed E-state index contributed by atoms with van der Waals surface area (Å²) in [5, 5.41) is 17.2. The Hall–Kier alpha value is -6.09. The van der Waals surface area contributed by atoms with Gasteiger partial charge in [0.05, 0.1) is 0 Å². The average molecular weight is 767 g/mol. The van der Waals surface area contributed by atoms with Gasteiger partial charge in [0.25, 0.3) is 0 Å². The van der Waals surface area contributed by atoms with E-state index in [4.69, 9.17) is 0 Å². The molecule has 56 heavy (non-hydrogen) atoms. The number of hydrogen-bond acceptors (Lipinski definition) is 3. The third-order valence-corrected chi connectivity index (χ3v) is 17.1. The molecular weight excluding hydrogens is 736 g/mol. The van der Waals surface area contributed by atoms with Gasteiger partial charge >= 0.3 is 0 Å².